The molecule has 6 nitrogen and oxygen atoms in total. The molecule has 1 aromatic rings. The van der Waals surface area contributed by atoms with E-state index in [1.54, 1.807) is 18.1 Å². The maximum Gasteiger partial charge on any atom is 0.257 e. The molecule has 1 fully saturated rings. The van der Waals surface area contributed by atoms with Crippen LogP contribution in [0.15, 0.2) is 12.4 Å². The summed E-state index contributed by atoms with van der Waals surface area (Å²) in [5.74, 6) is -0.228. The molecular formula is C11H16N4O2. The number of carbonyl (C=O) groups is 2. The summed E-state index contributed by atoms with van der Waals surface area (Å²) in [6, 6.07) is -0.351. The predicted molar refractivity (Wildman–Crippen MR) is 61.3 cm³/mol. The van der Waals surface area contributed by atoms with Crippen molar-refractivity contribution in [2.24, 2.45) is 0 Å². The van der Waals surface area contributed by atoms with Crippen LogP contribution in [0.4, 0.5) is 0 Å². The number of H-pyrrole nitrogens is 1. The van der Waals surface area contributed by atoms with Gasteiger partial charge in [-0.2, -0.15) is 5.10 Å². The summed E-state index contributed by atoms with van der Waals surface area (Å²) in [7, 11) is 1.59. The highest BCUT2D eigenvalue weighted by Crippen LogP contribution is 2.19. The van der Waals surface area contributed by atoms with Gasteiger partial charge in [0, 0.05) is 19.8 Å². The van der Waals surface area contributed by atoms with Crippen LogP contribution in [0, 0.1) is 0 Å². The third-order valence-corrected chi connectivity index (χ3v) is 3.06. The Bertz CT molecular complexity index is 402. The van der Waals surface area contributed by atoms with Crippen molar-refractivity contribution in [2.45, 2.75) is 25.3 Å². The molecule has 1 saturated heterocycles. The highest BCUT2D eigenvalue weighted by atomic mass is 16.2. The first-order valence-electron chi connectivity index (χ1n) is 5.75. The number of piperidine rings is 1. The van der Waals surface area contributed by atoms with E-state index in [1.165, 1.54) is 6.20 Å². The van der Waals surface area contributed by atoms with Gasteiger partial charge in [-0.1, -0.05) is 0 Å². The molecule has 1 unspecified atom stereocenters. The lowest BCUT2D eigenvalue weighted by atomic mass is 10.0. The second-order valence-corrected chi connectivity index (χ2v) is 4.11. The number of nitrogens with zero attached hydrogens (tertiary/aromatic N) is 2. The number of aromatic nitrogens is 2. The van der Waals surface area contributed by atoms with Crippen molar-refractivity contribution in [3.8, 4) is 0 Å². The van der Waals surface area contributed by atoms with Crippen LogP contribution in [0.3, 0.4) is 0 Å². The van der Waals surface area contributed by atoms with E-state index in [-0.39, 0.29) is 17.9 Å². The molecule has 0 saturated carbocycles. The van der Waals surface area contributed by atoms with Crippen molar-refractivity contribution < 1.29 is 9.59 Å². The number of hydrogen-bond donors (Lipinski definition) is 2. The number of amides is 2. The first kappa shape index (κ1) is 11.6. The van der Waals surface area contributed by atoms with E-state index in [4.69, 9.17) is 0 Å². The van der Waals surface area contributed by atoms with Crippen molar-refractivity contribution in [2.75, 3.05) is 13.6 Å². The lowest BCUT2D eigenvalue weighted by molar-refractivity contribution is -0.126. The summed E-state index contributed by atoms with van der Waals surface area (Å²) in [5, 5.41) is 8.97. The Hall–Kier alpha value is -1.85. The summed E-state index contributed by atoms with van der Waals surface area (Å²) in [6.45, 7) is 0.627. The van der Waals surface area contributed by atoms with Crippen molar-refractivity contribution in [1.29, 1.82) is 0 Å². The first-order chi connectivity index (χ1) is 8.24. The molecule has 0 radical (unpaired) electrons. The van der Waals surface area contributed by atoms with Crippen LogP contribution >= 0.6 is 0 Å². The lowest BCUT2D eigenvalue weighted by Gasteiger charge is -2.34. The van der Waals surface area contributed by atoms with E-state index in [2.05, 4.69) is 15.5 Å². The van der Waals surface area contributed by atoms with Gasteiger partial charge in [0.15, 0.2) is 0 Å². The number of likely N-dealkylation sites (N-methyl/N-ethyl adjacent to an activating group) is 1. The van der Waals surface area contributed by atoms with Gasteiger partial charge in [-0.05, 0) is 19.3 Å². The number of rotatable bonds is 2. The first-order valence-corrected chi connectivity index (χ1v) is 5.75. The van der Waals surface area contributed by atoms with Crippen LogP contribution < -0.4 is 5.32 Å². The van der Waals surface area contributed by atoms with E-state index < -0.39 is 0 Å². The van der Waals surface area contributed by atoms with Crippen LogP contribution in [0.5, 0.6) is 0 Å². The Morgan fingerprint density at radius 2 is 2.35 bits per heavy atom. The molecule has 0 aromatic carbocycles. The van der Waals surface area contributed by atoms with Crippen molar-refractivity contribution >= 4 is 11.8 Å². The molecule has 17 heavy (non-hydrogen) atoms. The number of carbonyl (C=O) groups excluding carboxylic acids is 2. The van der Waals surface area contributed by atoms with E-state index in [0.29, 0.717) is 12.1 Å². The fourth-order valence-electron chi connectivity index (χ4n) is 2.15. The highest BCUT2D eigenvalue weighted by molar-refractivity contribution is 5.97. The van der Waals surface area contributed by atoms with Gasteiger partial charge in [0.25, 0.3) is 5.91 Å². The van der Waals surface area contributed by atoms with Crippen molar-refractivity contribution in [1.82, 2.24) is 20.4 Å². The lowest BCUT2D eigenvalue weighted by Crippen LogP contribution is -2.51. The molecule has 2 N–H and O–H groups in total. The Labute approximate surface area is 99.4 Å². The molecule has 2 heterocycles. The minimum atomic E-state index is -0.351. The molecule has 1 aliphatic heterocycles. The average molecular weight is 236 g/mol. The Kier molecular flexibility index (Phi) is 3.41. The minimum Gasteiger partial charge on any atom is -0.357 e. The van der Waals surface area contributed by atoms with Crippen LogP contribution in [-0.4, -0.2) is 46.5 Å². The van der Waals surface area contributed by atoms with E-state index >= 15 is 0 Å². The topological polar surface area (TPSA) is 78.1 Å². The van der Waals surface area contributed by atoms with Crippen molar-refractivity contribution in [3.05, 3.63) is 18.0 Å². The van der Waals surface area contributed by atoms with E-state index in [0.717, 1.165) is 19.3 Å². The van der Waals surface area contributed by atoms with E-state index in [1.807, 2.05) is 0 Å². The van der Waals surface area contributed by atoms with Gasteiger partial charge in [0.2, 0.25) is 5.91 Å². The molecule has 6 heteroatoms. The fourth-order valence-corrected chi connectivity index (χ4v) is 2.15. The third kappa shape index (κ3) is 2.30. The van der Waals surface area contributed by atoms with Gasteiger partial charge in [0.1, 0.15) is 6.04 Å². The molecule has 0 bridgehead atoms. The maximum atomic E-state index is 12.2. The number of aromatic amines is 1. The van der Waals surface area contributed by atoms with Gasteiger partial charge in [-0.3, -0.25) is 14.7 Å². The molecule has 0 spiro atoms. The van der Waals surface area contributed by atoms with Gasteiger partial charge >= 0.3 is 0 Å². The second kappa shape index (κ2) is 4.99. The van der Waals surface area contributed by atoms with Crippen LogP contribution in [0.1, 0.15) is 29.6 Å². The summed E-state index contributed by atoms with van der Waals surface area (Å²) in [5.41, 5.74) is 0.501. The SMILES string of the molecule is CNC(=O)C1CCCCN1C(=O)c1cn[nH]c1. The quantitative estimate of drug-likeness (QED) is 0.767. The smallest absolute Gasteiger partial charge is 0.257 e. The molecular weight excluding hydrogens is 220 g/mol. The Balaban J connectivity index is 2.16. The normalized spacial score (nSPS) is 20.1. The van der Waals surface area contributed by atoms with Gasteiger partial charge in [-0.25, -0.2) is 0 Å². The van der Waals surface area contributed by atoms with Crippen LogP contribution in [0.25, 0.3) is 0 Å². The predicted octanol–water partition coefficient (Wildman–Crippen LogP) is 0.150. The molecule has 92 valence electrons. The second-order valence-electron chi connectivity index (χ2n) is 4.11. The zero-order chi connectivity index (χ0) is 12.3. The summed E-state index contributed by atoms with van der Waals surface area (Å²) >= 11 is 0. The summed E-state index contributed by atoms with van der Waals surface area (Å²) < 4.78 is 0. The van der Waals surface area contributed by atoms with Crippen molar-refractivity contribution in [3.63, 3.8) is 0 Å². The Morgan fingerprint density at radius 3 is 3.00 bits per heavy atom. The van der Waals surface area contributed by atoms with Crippen LogP contribution in [0.2, 0.25) is 0 Å². The number of likely N-dealkylation sites (tertiary alicyclic amines) is 1. The fraction of sp³-hybridized carbons (Fsp3) is 0.545. The highest BCUT2D eigenvalue weighted by Gasteiger charge is 2.32. The van der Waals surface area contributed by atoms with Gasteiger partial charge in [0.05, 0.1) is 11.8 Å². The molecule has 1 aliphatic rings. The summed E-state index contributed by atoms with van der Waals surface area (Å²) in [6.07, 6.45) is 5.68. The standard InChI is InChI=1S/C11H16N4O2/c1-12-10(16)9-4-2-3-5-15(9)11(17)8-6-13-14-7-8/h6-7,9H,2-5H2,1H3,(H,12,16)(H,13,14). The molecule has 1 aromatic heterocycles. The molecule has 2 amide bonds. The van der Waals surface area contributed by atoms with Gasteiger partial charge < -0.3 is 10.2 Å². The number of hydrogen-bond acceptors (Lipinski definition) is 3. The van der Waals surface area contributed by atoms with E-state index in [9.17, 15) is 9.59 Å². The number of nitrogens with one attached hydrogen (secondary N) is 2. The maximum absolute atomic E-state index is 12.2. The minimum absolute atomic E-state index is 0.0958. The third-order valence-electron chi connectivity index (χ3n) is 3.06. The van der Waals surface area contributed by atoms with Crippen LogP contribution in [-0.2, 0) is 4.79 Å². The molecule has 1 atom stereocenters. The largest absolute Gasteiger partial charge is 0.357 e. The summed E-state index contributed by atoms with van der Waals surface area (Å²) in [4.78, 5) is 25.5. The average Bonchev–Trinajstić information content (AvgIpc) is 2.91. The Morgan fingerprint density at radius 1 is 1.53 bits per heavy atom. The zero-order valence-corrected chi connectivity index (χ0v) is 9.77. The molecule has 0 aliphatic carbocycles. The monoisotopic (exact) mass is 236 g/mol. The zero-order valence-electron chi connectivity index (χ0n) is 9.77. The van der Waals surface area contributed by atoms with Gasteiger partial charge in [-0.15, -0.1) is 0 Å². The molecule has 2 rings (SSSR count).